The van der Waals surface area contributed by atoms with Gasteiger partial charge < -0.3 is 10.2 Å². The van der Waals surface area contributed by atoms with Crippen LogP contribution < -0.4 is 10.2 Å². The summed E-state index contributed by atoms with van der Waals surface area (Å²) < 4.78 is 0. The lowest BCUT2D eigenvalue weighted by Gasteiger charge is -2.36. The highest BCUT2D eigenvalue weighted by atomic mass is 15.2. The molecule has 2 heteroatoms. The van der Waals surface area contributed by atoms with Crippen LogP contribution in [-0.2, 0) is 0 Å². The van der Waals surface area contributed by atoms with Gasteiger partial charge in [0.1, 0.15) is 0 Å². The summed E-state index contributed by atoms with van der Waals surface area (Å²) >= 11 is 0. The number of nitrogens with zero attached hydrogens (tertiary/aromatic N) is 1. The molecule has 0 spiro atoms. The molecule has 1 N–H and O–H groups in total. The minimum atomic E-state index is 0.635. The normalized spacial score (nSPS) is 26.3. The molecule has 1 fully saturated rings. The Morgan fingerprint density at radius 3 is 2.60 bits per heavy atom. The van der Waals surface area contributed by atoms with Gasteiger partial charge in [0.15, 0.2) is 0 Å². The summed E-state index contributed by atoms with van der Waals surface area (Å²) in [4.78, 5) is 2.39. The Morgan fingerprint density at radius 1 is 1.20 bits per heavy atom. The van der Waals surface area contributed by atoms with E-state index in [0.717, 1.165) is 12.5 Å². The van der Waals surface area contributed by atoms with Crippen LogP contribution >= 0.6 is 0 Å². The van der Waals surface area contributed by atoms with Gasteiger partial charge in [-0.1, -0.05) is 25.1 Å². The largest absolute Gasteiger partial charge is 0.370 e. The number of rotatable bonds is 2. The fourth-order valence-corrected chi connectivity index (χ4v) is 2.30. The summed E-state index contributed by atoms with van der Waals surface area (Å²) in [5, 5.41) is 3.49. The monoisotopic (exact) mass is 204 g/mol. The number of benzene rings is 1. The van der Waals surface area contributed by atoms with Gasteiger partial charge in [-0.15, -0.1) is 0 Å². The summed E-state index contributed by atoms with van der Waals surface area (Å²) in [6.45, 7) is 4.59. The molecule has 0 bridgehead atoms. The SMILES string of the molecule is CC1CNCC(N(C)c2ccccc2)C1. The van der Waals surface area contributed by atoms with E-state index < -0.39 is 0 Å². The van der Waals surface area contributed by atoms with Crippen molar-refractivity contribution in [2.24, 2.45) is 5.92 Å². The van der Waals surface area contributed by atoms with Gasteiger partial charge in [-0.3, -0.25) is 0 Å². The van der Waals surface area contributed by atoms with Crippen LogP contribution in [-0.4, -0.2) is 26.2 Å². The Labute approximate surface area is 92.3 Å². The Kier molecular flexibility index (Phi) is 3.27. The quantitative estimate of drug-likeness (QED) is 0.794. The molecule has 2 atom stereocenters. The van der Waals surface area contributed by atoms with Crippen molar-refractivity contribution in [1.82, 2.24) is 5.32 Å². The zero-order valence-corrected chi connectivity index (χ0v) is 9.61. The van der Waals surface area contributed by atoms with Gasteiger partial charge in [0.25, 0.3) is 0 Å². The van der Waals surface area contributed by atoms with E-state index in [0.29, 0.717) is 6.04 Å². The van der Waals surface area contributed by atoms with Crippen molar-refractivity contribution in [2.75, 3.05) is 25.0 Å². The molecular formula is C13H20N2. The Balaban J connectivity index is 2.04. The summed E-state index contributed by atoms with van der Waals surface area (Å²) in [6, 6.07) is 11.3. The fourth-order valence-electron chi connectivity index (χ4n) is 2.30. The first-order valence-electron chi connectivity index (χ1n) is 5.76. The lowest BCUT2D eigenvalue weighted by atomic mass is 9.96. The van der Waals surface area contributed by atoms with Crippen LogP contribution in [0.2, 0.25) is 0 Å². The number of piperidine rings is 1. The number of likely N-dealkylation sites (N-methyl/N-ethyl adjacent to an activating group) is 1. The van der Waals surface area contributed by atoms with Crippen LogP contribution in [0.4, 0.5) is 5.69 Å². The molecule has 1 heterocycles. The highest BCUT2D eigenvalue weighted by Gasteiger charge is 2.21. The van der Waals surface area contributed by atoms with Crippen LogP contribution in [0.3, 0.4) is 0 Å². The molecule has 2 nitrogen and oxygen atoms in total. The van der Waals surface area contributed by atoms with Crippen molar-refractivity contribution in [1.29, 1.82) is 0 Å². The molecule has 0 radical (unpaired) electrons. The Morgan fingerprint density at radius 2 is 1.93 bits per heavy atom. The minimum Gasteiger partial charge on any atom is -0.370 e. The number of hydrogen-bond acceptors (Lipinski definition) is 2. The van der Waals surface area contributed by atoms with Crippen molar-refractivity contribution in [3.05, 3.63) is 30.3 Å². The number of hydrogen-bond donors (Lipinski definition) is 1. The molecule has 15 heavy (non-hydrogen) atoms. The topological polar surface area (TPSA) is 15.3 Å². The molecule has 2 rings (SSSR count). The van der Waals surface area contributed by atoms with E-state index in [2.05, 4.69) is 54.5 Å². The van der Waals surface area contributed by atoms with Gasteiger partial charge in [-0.05, 0) is 31.0 Å². The van der Waals surface area contributed by atoms with Gasteiger partial charge in [0, 0.05) is 25.3 Å². The fraction of sp³-hybridized carbons (Fsp3) is 0.538. The highest BCUT2D eigenvalue weighted by molar-refractivity contribution is 5.46. The summed E-state index contributed by atoms with van der Waals surface area (Å²) in [5.41, 5.74) is 1.32. The average molecular weight is 204 g/mol. The first kappa shape index (κ1) is 10.5. The van der Waals surface area contributed by atoms with Gasteiger partial charge in [-0.25, -0.2) is 0 Å². The number of para-hydroxylation sites is 1. The Hall–Kier alpha value is -1.02. The molecule has 1 aliphatic heterocycles. The van der Waals surface area contributed by atoms with E-state index in [1.807, 2.05) is 0 Å². The van der Waals surface area contributed by atoms with Crippen molar-refractivity contribution in [2.45, 2.75) is 19.4 Å². The zero-order valence-electron chi connectivity index (χ0n) is 9.61. The maximum Gasteiger partial charge on any atom is 0.0414 e. The number of nitrogens with one attached hydrogen (secondary N) is 1. The lowest BCUT2D eigenvalue weighted by Crippen LogP contribution is -2.47. The molecule has 82 valence electrons. The van der Waals surface area contributed by atoms with Crippen LogP contribution in [0.25, 0.3) is 0 Å². The zero-order chi connectivity index (χ0) is 10.7. The predicted octanol–water partition coefficient (Wildman–Crippen LogP) is 2.12. The molecular weight excluding hydrogens is 184 g/mol. The predicted molar refractivity (Wildman–Crippen MR) is 65.3 cm³/mol. The molecule has 2 unspecified atom stereocenters. The molecule has 0 saturated carbocycles. The first-order chi connectivity index (χ1) is 7.27. The second-order valence-corrected chi connectivity index (χ2v) is 4.60. The van der Waals surface area contributed by atoms with E-state index in [9.17, 15) is 0 Å². The van der Waals surface area contributed by atoms with E-state index in [1.54, 1.807) is 0 Å². The van der Waals surface area contributed by atoms with Crippen LogP contribution in [0, 0.1) is 5.92 Å². The second kappa shape index (κ2) is 4.67. The van der Waals surface area contributed by atoms with Crippen LogP contribution in [0.15, 0.2) is 30.3 Å². The molecule has 0 amide bonds. The molecule has 0 aromatic heterocycles. The second-order valence-electron chi connectivity index (χ2n) is 4.60. The van der Waals surface area contributed by atoms with Crippen LogP contribution in [0.1, 0.15) is 13.3 Å². The third-order valence-corrected chi connectivity index (χ3v) is 3.26. The van der Waals surface area contributed by atoms with Crippen molar-refractivity contribution >= 4 is 5.69 Å². The van der Waals surface area contributed by atoms with E-state index in [1.165, 1.54) is 18.7 Å². The van der Waals surface area contributed by atoms with Crippen molar-refractivity contribution in [3.8, 4) is 0 Å². The van der Waals surface area contributed by atoms with Gasteiger partial charge >= 0.3 is 0 Å². The first-order valence-corrected chi connectivity index (χ1v) is 5.76. The van der Waals surface area contributed by atoms with Gasteiger partial charge in [0.05, 0.1) is 0 Å². The van der Waals surface area contributed by atoms with E-state index in [4.69, 9.17) is 0 Å². The molecule has 1 aliphatic rings. The summed E-state index contributed by atoms with van der Waals surface area (Å²) in [7, 11) is 2.19. The Bertz CT molecular complexity index is 297. The van der Waals surface area contributed by atoms with Gasteiger partial charge in [0.2, 0.25) is 0 Å². The average Bonchev–Trinajstić information content (AvgIpc) is 2.29. The molecule has 1 saturated heterocycles. The van der Waals surface area contributed by atoms with Gasteiger partial charge in [-0.2, -0.15) is 0 Å². The minimum absolute atomic E-state index is 0.635. The third kappa shape index (κ3) is 2.51. The molecule has 1 aromatic rings. The summed E-state index contributed by atoms with van der Waals surface area (Å²) in [5.74, 6) is 0.787. The lowest BCUT2D eigenvalue weighted by molar-refractivity contribution is 0.355. The van der Waals surface area contributed by atoms with Crippen molar-refractivity contribution in [3.63, 3.8) is 0 Å². The van der Waals surface area contributed by atoms with E-state index in [-0.39, 0.29) is 0 Å². The molecule has 1 aromatic carbocycles. The third-order valence-electron chi connectivity index (χ3n) is 3.26. The highest BCUT2D eigenvalue weighted by Crippen LogP contribution is 2.20. The number of anilines is 1. The maximum absolute atomic E-state index is 3.49. The smallest absolute Gasteiger partial charge is 0.0414 e. The van der Waals surface area contributed by atoms with Crippen molar-refractivity contribution < 1.29 is 0 Å². The molecule has 0 aliphatic carbocycles. The van der Waals surface area contributed by atoms with E-state index >= 15 is 0 Å². The van der Waals surface area contributed by atoms with Crippen LogP contribution in [0.5, 0.6) is 0 Å². The maximum atomic E-state index is 3.49. The standard InChI is InChI=1S/C13H20N2/c1-11-8-13(10-14-9-11)15(2)12-6-4-3-5-7-12/h3-7,11,13-14H,8-10H2,1-2H3. The summed E-state index contributed by atoms with van der Waals surface area (Å²) in [6.07, 6.45) is 1.29.